The number of carbonyl (C=O) groups excluding carboxylic acids is 1. The molecule has 0 fully saturated rings. The van der Waals surface area contributed by atoms with E-state index >= 15 is 0 Å². The smallest absolute Gasteiger partial charge is 0.374 e. The van der Waals surface area contributed by atoms with Crippen LogP contribution in [0, 0.1) is 0 Å². The predicted octanol–water partition coefficient (Wildman–Crippen LogP) is -0.422. The fraction of sp³-hybridized carbons (Fsp3) is 0.571. The van der Waals surface area contributed by atoms with Crippen LogP contribution in [0.2, 0.25) is 0 Å². The van der Waals surface area contributed by atoms with Gasteiger partial charge in [-0.25, -0.2) is 4.79 Å². The number of rotatable bonds is 0. The molecule has 1 atom stereocenters. The minimum absolute atomic E-state index is 0.190. The summed E-state index contributed by atoms with van der Waals surface area (Å²) in [6.45, 7) is 0.588. The topological polar surface area (TPSA) is 55.8 Å². The summed E-state index contributed by atoms with van der Waals surface area (Å²) in [6, 6.07) is 0. The zero-order valence-electron chi connectivity index (χ0n) is 5.87. The van der Waals surface area contributed by atoms with E-state index in [1.807, 2.05) is 0 Å². The first-order valence-corrected chi connectivity index (χ1v) is 3.50. The van der Waals surface area contributed by atoms with Crippen molar-refractivity contribution in [2.75, 3.05) is 13.2 Å². The Morgan fingerprint density at radius 2 is 2.27 bits per heavy atom. The van der Waals surface area contributed by atoms with Crippen LogP contribution in [0.25, 0.3) is 0 Å². The molecular formula is C7H8O4. The molecule has 11 heavy (non-hydrogen) atoms. The number of aliphatic hydroxyl groups excluding tert-OH is 1. The van der Waals surface area contributed by atoms with Crippen LogP contribution in [0.5, 0.6) is 0 Å². The molecule has 0 saturated carbocycles. The van der Waals surface area contributed by atoms with Gasteiger partial charge in [-0.3, -0.25) is 0 Å². The van der Waals surface area contributed by atoms with Gasteiger partial charge in [0.1, 0.15) is 6.61 Å². The summed E-state index contributed by atoms with van der Waals surface area (Å²) in [5.41, 5.74) is 0.598. The number of cyclic esters (lactones) is 1. The molecule has 2 heterocycles. The highest BCUT2D eigenvalue weighted by Gasteiger charge is 2.33. The average Bonchev–Trinajstić information content (AvgIpc) is 2.35. The fourth-order valence-corrected chi connectivity index (χ4v) is 1.25. The van der Waals surface area contributed by atoms with Gasteiger partial charge in [0.15, 0.2) is 0 Å². The minimum atomic E-state index is -0.551. The normalized spacial score (nSPS) is 29.5. The lowest BCUT2D eigenvalue weighted by molar-refractivity contribution is -0.139. The summed E-state index contributed by atoms with van der Waals surface area (Å²) in [7, 11) is 0. The molecule has 0 aromatic carbocycles. The molecule has 2 aliphatic heterocycles. The highest BCUT2D eigenvalue weighted by Crippen LogP contribution is 2.25. The third-order valence-corrected chi connectivity index (χ3v) is 1.88. The van der Waals surface area contributed by atoms with Crippen LogP contribution in [0.1, 0.15) is 6.42 Å². The summed E-state index contributed by atoms with van der Waals surface area (Å²) >= 11 is 0. The van der Waals surface area contributed by atoms with Gasteiger partial charge in [0.05, 0.1) is 12.7 Å². The molecule has 4 heteroatoms. The fourth-order valence-electron chi connectivity index (χ4n) is 1.25. The van der Waals surface area contributed by atoms with Gasteiger partial charge in [-0.1, -0.05) is 0 Å². The maximum absolute atomic E-state index is 10.8. The Bertz CT molecular complexity index is 231. The molecule has 0 saturated heterocycles. The van der Waals surface area contributed by atoms with Crippen molar-refractivity contribution < 1.29 is 19.4 Å². The van der Waals surface area contributed by atoms with E-state index in [1.165, 1.54) is 0 Å². The van der Waals surface area contributed by atoms with E-state index in [4.69, 9.17) is 4.74 Å². The van der Waals surface area contributed by atoms with Gasteiger partial charge in [-0.05, 0) is 0 Å². The molecule has 0 amide bonds. The lowest BCUT2D eigenvalue weighted by atomic mass is 10.1. The maximum Gasteiger partial charge on any atom is 0.374 e. The number of ether oxygens (including phenoxy) is 2. The van der Waals surface area contributed by atoms with E-state index in [9.17, 15) is 9.90 Å². The summed E-state index contributed by atoms with van der Waals surface area (Å²) in [6.07, 6.45) is 0.000324. The van der Waals surface area contributed by atoms with Crippen LogP contribution in [-0.2, 0) is 14.3 Å². The highest BCUT2D eigenvalue weighted by atomic mass is 16.6. The maximum atomic E-state index is 10.8. The lowest BCUT2D eigenvalue weighted by Crippen LogP contribution is -2.21. The van der Waals surface area contributed by atoms with Crippen molar-refractivity contribution in [2.24, 2.45) is 0 Å². The van der Waals surface area contributed by atoms with E-state index in [0.29, 0.717) is 18.6 Å². The molecule has 4 nitrogen and oxygen atoms in total. The van der Waals surface area contributed by atoms with Gasteiger partial charge in [0.2, 0.25) is 5.76 Å². The molecule has 0 spiro atoms. The Labute approximate surface area is 63.4 Å². The SMILES string of the molecule is O=C1OCC2=C1OCCC2O. The van der Waals surface area contributed by atoms with Crippen LogP contribution in [0.15, 0.2) is 11.3 Å². The molecule has 0 aromatic heterocycles. The van der Waals surface area contributed by atoms with E-state index in [1.54, 1.807) is 0 Å². The molecule has 2 rings (SSSR count). The standard InChI is InChI=1S/C7H8O4/c8-5-1-2-10-6-4(5)3-11-7(6)9/h5,8H,1-3H2. The molecule has 0 radical (unpaired) electrons. The monoisotopic (exact) mass is 156 g/mol. The second-order valence-electron chi connectivity index (χ2n) is 2.58. The molecule has 2 aliphatic rings. The zero-order chi connectivity index (χ0) is 7.84. The van der Waals surface area contributed by atoms with E-state index < -0.39 is 12.1 Å². The third kappa shape index (κ3) is 0.903. The van der Waals surface area contributed by atoms with Gasteiger partial charge in [0.25, 0.3) is 0 Å². The third-order valence-electron chi connectivity index (χ3n) is 1.88. The van der Waals surface area contributed by atoms with Gasteiger partial charge in [0, 0.05) is 12.0 Å². The quantitative estimate of drug-likeness (QED) is 0.484. The van der Waals surface area contributed by atoms with Crippen LogP contribution < -0.4 is 0 Å². The highest BCUT2D eigenvalue weighted by molar-refractivity contribution is 5.90. The van der Waals surface area contributed by atoms with Gasteiger partial charge < -0.3 is 14.6 Å². The Hall–Kier alpha value is -1.03. The second kappa shape index (κ2) is 2.23. The van der Waals surface area contributed by atoms with E-state index in [2.05, 4.69) is 4.74 Å². The zero-order valence-corrected chi connectivity index (χ0v) is 5.87. The summed E-state index contributed by atoms with van der Waals surface area (Å²) in [5, 5.41) is 9.33. The molecular weight excluding hydrogens is 148 g/mol. The first-order valence-electron chi connectivity index (χ1n) is 3.50. The first kappa shape index (κ1) is 6.67. The van der Waals surface area contributed by atoms with Crippen molar-refractivity contribution in [1.29, 1.82) is 0 Å². The summed E-state index contributed by atoms with van der Waals surface area (Å²) in [4.78, 5) is 10.8. The predicted molar refractivity (Wildman–Crippen MR) is 34.6 cm³/mol. The van der Waals surface area contributed by atoms with Crippen molar-refractivity contribution in [1.82, 2.24) is 0 Å². The van der Waals surface area contributed by atoms with Crippen molar-refractivity contribution in [3.63, 3.8) is 0 Å². The van der Waals surface area contributed by atoms with E-state index in [0.717, 1.165) is 0 Å². The summed E-state index contributed by atoms with van der Waals surface area (Å²) in [5.74, 6) is -0.220. The number of hydrogen-bond donors (Lipinski definition) is 1. The minimum Gasteiger partial charge on any atom is -0.486 e. The number of esters is 1. The number of carbonyl (C=O) groups is 1. The summed E-state index contributed by atoms with van der Waals surface area (Å²) < 4.78 is 9.70. The largest absolute Gasteiger partial charge is 0.486 e. The van der Waals surface area contributed by atoms with Gasteiger partial charge >= 0.3 is 5.97 Å². The average molecular weight is 156 g/mol. The van der Waals surface area contributed by atoms with Crippen molar-refractivity contribution in [3.05, 3.63) is 11.3 Å². The van der Waals surface area contributed by atoms with Crippen LogP contribution in [0.4, 0.5) is 0 Å². The molecule has 1 N–H and O–H groups in total. The Morgan fingerprint density at radius 3 is 3.00 bits per heavy atom. The molecule has 0 bridgehead atoms. The number of hydrogen-bond acceptors (Lipinski definition) is 4. The first-order chi connectivity index (χ1) is 5.29. The molecule has 0 aromatic rings. The van der Waals surface area contributed by atoms with Crippen LogP contribution in [-0.4, -0.2) is 30.4 Å². The lowest BCUT2D eigenvalue weighted by Gasteiger charge is -2.17. The Balaban J connectivity index is 2.33. The molecule has 0 aliphatic carbocycles. The van der Waals surface area contributed by atoms with Crippen LogP contribution >= 0.6 is 0 Å². The van der Waals surface area contributed by atoms with E-state index in [-0.39, 0.29) is 12.4 Å². The molecule has 1 unspecified atom stereocenters. The van der Waals surface area contributed by atoms with Crippen LogP contribution in [0.3, 0.4) is 0 Å². The second-order valence-corrected chi connectivity index (χ2v) is 2.58. The number of aliphatic hydroxyl groups is 1. The molecule has 60 valence electrons. The Morgan fingerprint density at radius 1 is 1.45 bits per heavy atom. The van der Waals surface area contributed by atoms with Crippen molar-refractivity contribution in [2.45, 2.75) is 12.5 Å². The van der Waals surface area contributed by atoms with Crippen molar-refractivity contribution >= 4 is 5.97 Å². The van der Waals surface area contributed by atoms with Crippen molar-refractivity contribution in [3.8, 4) is 0 Å². The van der Waals surface area contributed by atoms with Gasteiger partial charge in [-0.15, -0.1) is 0 Å². The Kier molecular flexibility index (Phi) is 1.35. The van der Waals surface area contributed by atoms with Gasteiger partial charge in [-0.2, -0.15) is 0 Å².